The van der Waals surface area contributed by atoms with Crippen LogP contribution in [0.1, 0.15) is 5.56 Å². The fourth-order valence-corrected chi connectivity index (χ4v) is 1.51. The molecule has 0 amide bonds. The second-order valence-electron chi connectivity index (χ2n) is 3.25. The Balaban J connectivity index is 2.39. The van der Waals surface area contributed by atoms with E-state index < -0.39 is 0 Å². The molecule has 0 aliphatic heterocycles. The molecule has 1 aromatic carbocycles. The van der Waals surface area contributed by atoms with Crippen molar-refractivity contribution in [2.75, 3.05) is 13.7 Å². The first-order valence-corrected chi connectivity index (χ1v) is 4.70. The Bertz CT molecular complexity index is 510. The van der Waals surface area contributed by atoms with Gasteiger partial charge in [-0.25, -0.2) is 0 Å². The zero-order chi connectivity index (χ0) is 10.7. The van der Waals surface area contributed by atoms with Gasteiger partial charge in [0.05, 0.1) is 36.5 Å². The molecule has 0 N–H and O–H groups in total. The van der Waals surface area contributed by atoms with Gasteiger partial charge in [-0.3, -0.25) is 4.68 Å². The van der Waals surface area contributed by atoms with Gasteiger partial charge in [0.2, 0.25) is 0 Å². The average molecular weight is 201 g/mol. The number of rotatable bonds is 3. The third kappa shape index (κ3) is 1.83. The molecule has 2 aromatic rings. The van der Waals surface area contributed by atoms with E-state index >= 15 is 0 Å². The predicted molar refractivity (Wildman–Crippen MR) is 56.3 cm³/mol. The fraction of sp³-hybridized carbons (Fsp3) is 0.273. The number of nitrogens with zero attached hydrogens (tertiary/aromatic N) is 3. The number of methoxy groups -OCH3 is 1. The van der Waals surface area contributed by atoms with E-state index in [-0.39, 0.29) is 0 Å². The molecular formula is C11H11N3O. The van der Waals surface area contributed by atoms with Gasteiger partial charge in [-0.05, 0) is 18.2 Å². The van der Waals surface area contributed by atoms with Crippen LogP contribution in [-0.4, -0.2) is 23.5 Å². The minimum absolute atomic E-state index is 0.636. The third-order valence-corrected chi connectivity index (χ3v) is 2.28. The highest BCUT2D eigenvalue weighted by Crippen LogP contribution is 2.15. The zero-order valence-corrected chi connectivity index (χ0v) is 8.47. The van der Waals surface area contributed by atoms with Crippen molar-refractivity contribution in [3.05, 3.63) is 30.0 Å². The highest BCUT2D eigenvalue weighted by atomic mass is 16.5. The van der Waals surface area contributed by atoms with E-state index in [0.717, 1.165) is 17.4 Å². The summed E-state index contributed by atoms with van der Waals surface area (Å²) in [5, 5.41) is 14.0. The lowest BCUT2D eigenvalue weighted by Gasteiger charge is -2.01. The quantitative estimate of drug-likeness (QED) is 0.757. The van der Waals surface area contributed by atoms with E-state index in [0.29, 0.717) is 12.2 Å². The van der Waals surface area contributed by atoms with E-state index in [1.54, 1.807) is 19.4 Å². The Morgan fingerprint density at radius 2 is 2.40 bits per heavy atom. The van der Waals surface area contributed by atoms with Gasteiger partial charge in [-0.1, -0.05) is 0 Å². The molecular weight excluding hydrogens is 190 g/mol. The topological polar surface area (TPSA) is 50.8 Å². The van der Waals surface area contributed by atoms with Crippen molar-refractivity contribution in [1.82, 2.24) is 9.78 Å². The van der Waals surface area contributed by atoms with Crippen molar-refractivity contribution in [3.63, 3.8) is 0 Å². The number of benzene rings is 1. The van der Waals surface area contributed by atoms with Crippen LogP contribution in [0.2, 0.25) is 0 Å². The number of hydrogen-bond donors (Lipinski definition) is 0. The summed E-state index contributed by atoms with van der Waals surface area (Å²) in [6, 6.07) is 7.66. The standard InChI is InChI=1S/C11H11N3O/c1-15-5-4-14-11-3-2-9(7-12)6-10(11)8-13-14/h2-3,6,8H,4-5H2,1H3. The predicted octanol–water partition coefficient (Wildman–Crippen LogP) is 1.55. The van der Waals surface area contributed by atoms with E-state index in [1.807, 2.05) is 16.8 Å². The van der Waals surface area contributed by atoms with Crippen LogP contribution in [0.25, 0.3) is 10.9 Å². The second kappa shape index (κ2) is 4.11. The Kier molecular flexibility index (Phi) is 2.66. The Hall–Kier alpha value is -1.86. The molecule has 0 saturated carbocycles. The highest BCUT2D eigenvalue weighted by molar-refractivity contribution is 5.80. The minimum Gasteiger partial charge on any atom is -0.383 e. The van der Waals surface area contributed by atoms with Crippen molar-refractivity contribution in [2.45, 2.75) is 6.54 Å². The molecule has 0 unspecified atom stereocenters. The molecule has 0 atom stereocenters. The molecule has 4 nitrogen and oxygen atoms in total. The second-order valence-corrected chi connectivity index (χ2v) is 3.25. The molecule has 2 rings (SSSR count). The summed E-state index contributed by atoms with van der Waals surface area (Å²) in [6.07, 6.45) is 1.77. The number of ether oxygens (including phenoxy) is 1. The van der Waals surface area contributed by atoms with Gasteiger partial charge in [0, 0.05) is 12.5 Å². The van der Waals surface area contributed by atoms with Gasteiger partial charge in [-0.15, -0.1) is 0 Å². The van der Waals surface area contributed by atoms with Crippen LogP contribution >= 0.6 is 0 Å². The van der Waals surface area contributed by atoms with Crippen LogP contribution in [0.5, 0.6) is 0 Å². The smallest absolute Gasteiger partial charge is 0.0991 e. The van der Waals surface area contributed by atoms with E-state index in [9.17, 15) is 0 Å². The van der Waals surface area contributed by atoms with Crippen LogP contribution in [0.4, 0.5) is 0 Å². The van der Waals surface area contributed by atoms with Crippen LogP contribution in [0.3, 0.4) is 0 Å². The maximum atomic E-state index is 8.75. The van der Waals surface area contributed by atoms with Crippen LogP contribution in [-0.2, 0) is 11.3 Å². The maximum Gasteiger partial charge on any atom is 0.0991 e. The summed E-state index contributed by atoms with van der Waals surface area (Å²) in [7, 11) is 1.67. The SMILES string of the molecule is COCCn1ncc2cc(C#N)ccc21. The van der Waals surface area contributed by atoms with Crippen LogP contribution in [0.15, 0.2) is 24.4 Å². The summed E-state index contributed by atoms with van der Waals surface area (Å²) in [5.41, 5.74) is 1.69. The van der Waals surface area contributed by atoms with Crippen molar-refractivity contribution >= 4 is 10.9 Å². The molecule has 15 heavy (non-hydrogen) atoms. The number of fused-ring (bicyclic) bond motifs is 1. The number of aromatic nitrogens is 2. The van der Waals surface area contributed by atoms with E-state index in [2.05, 4.69) is 11.2 Å². The maximum absolute atomic E-state index is 8.75. The molecule has 0 radical (unpaired) electrons. The first-order chi connectivity index (χ1) is 7.35. The Labute approximate surface area is 87.7 Å². The lowest BCUT2D eigenvalue weighted by molar-refractivity contribution is 0.185. The molecule has 0 aliphatic rings. The summed E-state index contributed by atoms with van der Waals surface area (Å²) >= 11 is 0. The molecule has 1 aromatic heterocycles. The molecule has 76 valence electrons. The lowest BCUT2D eigenvalue weighted by Crippen LogP contribution is -2.05. The number of hydrogen-bond acceptors (Lipinski definition) is 3. The van der Waals surface area contributed by atoms with Gasteiger partial charge in [0.25, 0.3) is 0 Å². The lowest BCUT2D eigenvalue weighted by atomic mass is 10.2. The Morgan fingerprint density at radius 1 is 1.53 bits per heavy atom. The van der Waals surface area contributed by atoms with Crippen LogP contribution in [0, 0.1) is 11.3 Å². The summed E-state index contributed by atoms with van der Waals surface area (Å²) in [6.45, 7) is 1.36. The largest absolute Gasteiger partial charge is 0.383 e. The van der Waals surface area contributed by atoms with Gasteiger partial charge in [0.15, 0.2) is 0 Å². The first kappa shape index (κ1) is 9.69. The third-order valence-electron chi connectivity index (χ3n) is 2.28. The highest BCUT2D eigenvalue weighted by Gasteiger charge is 2.02. The van der Waals surface area contributed by atoms with Crippen molar-refractivity contribution in [3.8, 4) is 6.07 Å². The van der Waals surface area contributed by atoms with Crippen molar-refractivity contribution in [1.29, 1.82) is 5.26 Å². The van der Waals surface area contributed by atoms with Gasteiger partial charge >= 0.3 is 0 Å². The fourth-order valence-electron chi connectivity index (χ4n) is 1.51. The van der Waals surface area contributed by atoms with Crippen molar-refractivity contribution in [2.24, 2.45) is 0 Å². The summed E-state index contributed by atoms with van der Waals surface area (Å²) in [4.78, 5) is 0. The molecule has 0 spiro atoms. The monoisotopic (exact) mass is 201 g/mol. The van der Waals surface area contributed by atoms with E-state index in [1.165, 1.54) is 0 Å². The Morgan fingerprint density at radius 3 is 3.13 bits per heavy atom. The average Bonchev–Trinajstić information content (AvgIpc) is 2.68. The minimum atomic E-state index is 0.636. The molecule has 0 fully saturated rings. The van der Waals surface area contributed by atoms with Gasteiger partial charge < -0.3 is 4.74 Å². The van der Waals surface area contributed by atoms with Gasteiger partial charge in [0.1, 0.15) is 0 Å². The van der Waals surface area contributed by atoms with Crippen molar-refractivity contribution < 1.29 is 4.74 Å². The van der Waals surface area contributed by atoms with Crippen LogP contribution < -0.4 is 0 Å². The zero-order valence-electron chi connectivity index (χ0n) is 8.47. The van der Waals surface area contributed by atoms with Gasteiger partial charge in [-0.2, -0.15) is 10.4 Å². The normalized spacial score (nSPS) is 10.4. The molecule has 0 saturated heterocycles. The molecule has 4 heteroatoms. The number of nitriles is 1. The molecule has 0 bridgehead atoms. The first-order valence-electron chi connectivity index (χ1n) is 4.70. The molecule has 0 aliphatic carbocycles. The summed E-state index contributed by atoms with van der Waals surface area (Å²) < 4.78 is 6.87. The summed E-state index contributed by atoms with van der Waals surface area (Å²) in [5.74, 6) is 0. The van der Waals surface area contributed by atoms with E-state index in [4.69, 9.17) is 10.00 Å². The molecule has 1 heterocycles.